The molecule has 1 aliphatic carbocycles. The standard InChI is InChI=1S/C10H20N2O/c1-7(2)6-8(11)9(13)12-10(3)4-5-10/h7-8H,4-6,11H2,1-3H3,(H,12,13)/t8-/m1/s1. The van der Waals surface area contributed by atoms with Crippen molar-refractivity contribution in [1.29, 1.82) is 0 Å². The highest BCUT2D eigenvalue weighted by molar-refractivity contribution is 5.82. The van der Waals surface area contributed by atoms with E-state index in [1.54, 1.807) is 0 Å². The maximum atomic E-state index is 11.5. The van der Waals surface area contributed by atoms with Gasteiger partial charge in [-0.2, -0.15) is 0 Å². The number of hydrogen-bond acceptors (Lipinski definition) is 2. The van der Waals surface area contributed by atoms with Crippen LogP contribution in [0, 0.1) is 5.92 Å². The predicted molar refractivity (Wildman–Crippen MR) is 53.2 cm³/mol. The van der Waals surface area contributed by atoms with E-state index in [1.807, 2.05) is 0 Å². The summed E-state index contributed by atoms with van der Waals surface area (Å²) in [6.07, 6.45) is 2.95. The molecule has 0 saturated heterocycles. The number of hydrogen-bond donors (Lipinski definition) is 2. The quantitative estimate of drug-likeness (QED) is 0.685. The van der Waals surface area contributed by atoms with Crippen molar-refractivity contribution in [2.75, 3.05) is 0 Å². The first-order valence-corrected chi connectivity index (χ1v) is 5.00. The topological polar surface area (TPSA) is 55.1 Å². The summed E-state index contributed by atoms with van der Waals surface area (Å²) < 4.78 is 0. The lowest BCUT2D eigenvalue weighted by molar-refractivity contribution is -0.123. The first kappa shape index (κ1) is 10.5. The molecular formula is C10H20N2O. The van der Waals surface area contributed by atoms with Crippen molar-refractivity contribution >= 4 is 5.91 Å². The molecule has 3 N–H and O–H groups in total. The van der Waals surface area contributed by atoms with Gasteiger partial charge in [0.15, 0.2) is 0 Å². The summed E-state index contributed by atoms with van der Waals surface area (Å²) in [6, 6.07) is -0.336. The van der Waals surface area contributed by atoms with E-state index in [0.717, 1.165) is 19.3 Å². The van der Waals surface area contributed by atoms with Crippen LogP contribution in [-0.4, -0.2) is 17.5 Å². The average molecular weight is 184 g/mol. The van der Waals surface area contributed by atoms with Crippen molar-refractivity contribution in [3.05, 3.63) is 0 Å². The molecular weight excluding hydrogens is 164 g/mol. The molecule has 0 heterocycles. The Labute approximate surface area is 80.1 Å². The van der Waals surface area contributed by atoms with Crippen molar-refractivity contribution < 1.29 is 4.79 Å². The van der Waals surface area contributed by atoms with Crippen molar-refractivity contribution in [3.63, 3.8) is 0 Å². The Kier molecular flexibility index (Phi) is 2.96. The lowest BCUT2D eigenvalue weighted by Crippen LogP contribution is -2.46. The van der Waals surface area contributed by atoms with Crippen molar-refractivity contribution in [1.82, 2.24) is 5.32 Å². The number of nitrogens with two attached hydrogens (primary N) is 1. The van der Waals surface area contributed by atoms with Crippen LogP contribution in [0.25, 0.3) is 0 Å². The Hall–Kier alpha value is -0.570. The summed E-state index contributed by atoms with van der Waals surface area (Å²) in [4.78, 5) is 11.5. The Morgan fingerprint density at radius 1 is 1.54 bits per heavy atom. The zero-order valence-corrected chi connectivity index (χ0v) is 8.76. The van der Waals surface area contributed by atoms with E-state index in [1.165, 1.54) is 0 Å². The molecule has 0 radical (unpaired) electrons. The van der Waals surface area contributed by atoms with Crippen molar-refractivity contribution in [2.24, 2.45) is 11.7 Å². The van der Waals surface area contributed by atoms with Crippen LogP contribution in [0.2, 0.25) is 0 Å². The SMILES string of the molecule is CC(C)C[C@@H](N)C(=O)NC1(C)CC1. The summed E-state index contributed by atoms with van der Waals surface area (Å²) in [5.41, 5.74) is 5.80. The Morgan fingerprint density at radius 3 is 2.46 bits per heavy atom. The number of carbonyl (C=O) groups excluding carboxylic acids is 1. The van der Waals surface area contributed by atoms with E-state index in [2.05, 4.69) is 26.1 Å². The molecule has 76 valence electrons. The lowest BCUT2D eigenvalue weighted by Gasteiger charge is -2.17. The molecule has 0 aliphatic heterocycles. The first-order valence-electron chi connectivity index (χ1n) is 5.00. The predicted octanol–water partition coefficient (Wildman–Crippen LogP) is 1.03. The molecule has 0 unspecified atom stereocenters. The van der Waals surface area contributed by atoms with Gasteiger partial charge in [-0.25, -0.2) is 0 Å². The summed E-state index contributed by atoms with van der Waals surface area (Å²) in [7, 11) is 0. The number of carbonyl (C=O) groups is 1. The van der Waals surface area contributed by atoms with E-state index >= 15 is 0 Å². The monoisotopic (exact) mass is 184 g/mol. The number of amides is 1. The van der Waals surface area contributed by atoms with Gasteiger partial charge >= 0.3 is 0 Å². The molecule has 0 bridgehead atoms. The normalized spacial score (nSPS) is 21.3. The van der Waals surface area contributed by atoms with Crippen LogP contribution in [0.1, 0.15) is 40.0 Å². The largest absolute Gasteiger partial charge is 0.350 e. The molecule has 0 aromatic rings. The fourth-order valence-corrected chi connectivity index (χ4v) is 1.32. The molecule has 1 fully saturated rings. The van der Waals surface area contributed by atoms with Gasteiger partial charge in [-0.3, -0.25) is 4.79 Å². The number of rotatable bonds is 4. The minimum absolute atomic E-state index is 0.00806. The van der Waals surface area contributed by atoms with E-state index in [9.17, 15) is 4.79 Å². The highest BCUT2D eigenvalue weighted by atomic mass is 16.2. The van der Waals surface area contributed by atoms with Crippen LogP contribution >= 0.6 is 0 Å². The van der Waals surface area contributed by atoms with Crippen LogP contribution in [0.5, 0.6) is 0 Å². The molecule has 1 saturated carbocycles. The molecule has 0 aromatic heterocycles. The molecule has 13 heavy (non-hydrogen) atoms. The van der Waals surface area contributed by atoms with Crippen LogP contribution < -0.4 is 11.1 Å². The van der Waals surface area contributed by atoms with Gasteiger partial charge in [-0.1, -0.05) is 13.8 Å². The van der Waals surface area contributed by atoms with E-state index in [0.29, 0.717) is 5.92 Å². The summed E-state index contributed by atoms with van der Waals surface area (Å²) in [5.74, 6) is 0.487. The zero-order valence-electron chi connectivity index (χ0n) is 8.76. The maximum absolute atomic E-state index is 11.5. The average Bonchev–Trinajstić information content (AvgIpc) is 2.66. The van der Waals surface area contributed by atoms with Gasteiger partial charge in [0.1, 0.15) is 0 Å². The fourth-order valence-electron chi connectivity index (χ4n) is 1.32. The molecule has 3 nitrogen and oxygen atoms in total. The molecule has 1 atom stereocenters. The van der Waals surface area contributed by atoms with Gasteiger partial charge in [0, 0.05) is 5.54 Å². The van der Waals surface area contributed by atoms with Gasteiger partial charge in [0.2, 0.25) is 5.91 Å². The van der Waals surface area contributed by atoms with E-state index in [4.69, 9.17) is 5.73 Å². The van der Waals surface area contributed by atoms with Crippen LogP contribution in [0.3, 0.4) is 0 Å². The molecule has 1 aliphatic rings. The number of nitrogens with one attached hydrogen (secondary N) is 1. The third-order valence-electron chi connectivity index (χ3n) is 2.49. The molecule has 0 aromatic carbocycles. The highest BCUT2D eigenvalue weighted by Crippen LogP contribution is 2.34. The highest BCUT2D eigenvalue weighted by Gasteiger charge is 2.39. The van der Waals surface area contributed by atoms with Crippen LogP contribution in [-0.2, 0) is 4.79 Å². The van der Waals surface area contributed by atoms with E-state index in [-0.39, 0.29) is 17.5 Å². The molecule has 1 amide bonds. The van der Waals surface area contributed by atoms with Crippen LogP contribution in [0.15, 0.2) is 0 Å². The molecule has 1 rings (SSSR count). The van der Waals surface area contributed by atoms with Gasteiger partial charge in [0.05, 0.1) is 6.04 Å². The van der Waals surface area contributed by atoms with Gasteiger partial charge in [-0.15, -0.1) is 0 Å². The van der Waals surface area contributed by atoms with Gasteiger partial charge < -0.3 is 11.1 Å². The fraction of sp³-hybridized carbons (Fsp3) is 0.900. The van der Waals surface area contributed by atoms with Crippen LogP contribution in [0.4, 0.5) is 0 Å². The second-order valence-corrected chi connectivity index (χ2v) is 4.79. The lowest BCUT2D eigenvalue weighted by atomic mass is 10.0. The third-order valence-corrected chi connectivity index (χ3v) is 2.49. The second kappa shape index (κ2) is 3.66. The Bertz CT molecular complexity index is 197. The van der Waals surface area contributed by atoms with Crippen molar-refractivity contribution in [3.8, 4) is 0 Å². The molecule has 0 spiro atoms. The first-order chi connectivity index (χ1) is 5.93. The minimum Gasteiger partial charge on any atom is -0.350 e. The second-order valence-electron chi connectivity index (χ2n) is 4.79. The Morgan fingerprint density at radius 2 is 2.08 bits per heavy atom. The minimum atomic E-state index is -0.336. The summed E-state index contributed by atoms with van der Waals surface area (Å²) >= 11 is 0. The van der Waals surface area contributed by atoms with E-state index < -0.39 is 0 Å². The van der Waals surface area contributed by atoms with Gasteiger partial charge in [0.25, 0.3) is 0 Å². The summed E-state index contributed by atoms with van der Waals surface area (Å²) in [6.45, 7) is 6.21. The molecule has 3 heteroatoms. The van der Waals surface area contributed by atoms with Gasteiger partial charge in [-0.05, 0) is 32.1 Å². The maximum Gasteiger partial charge on any atom is 0.237 e. The van der Waals surface area contributed by atoms with Crippen molar-refractivity contribution in [2.45, 2.75) is 51.6 Å². The summed E-state index contributed by atoms with van der Waals surface area (Å²) in [5, 5.41) is 2.97. The smallest absolute Gasteiger partial charge is 0.237 e. The Balaban J connectivity index is 2.30. The zero-order chi connectivity index (χ0) is 10.1. The third kappa shape index (κ3) is 3.35.